The van der Waals surface area contributed by atoms with Gasteiger partial charge in [0, 0.05) is 66.6 Å². The average Bonchev–Trinajstić information content (AvgIpc) is 3.49. The number of aromatic amines is 1. The number of aryl methyl sites for hydroxylation is 1. The third-order valence-electron chi connectivity index (χ3n) is 9.06. The van der Waals surface area contributed by atoms with Gasteiger partial charge < -0.3 is 26.7 Å². The molecule has 0 fully saturated rings. The van der Waals surface area contributed by atoms with Gasteiger partial charge in [-0.25, -0.2) is 10.9 Å². The van der Waals surface area contributed by atoms with Crippen LogP contribution in [0.2, 0.25) is 5.02 Å². The second kappa shape index (κ2) is 18.9. The lowest BCUT2D eigenvalue weighted by molar-refractivity contribution is -0.141. The molecule has 0 saturated heterocycles. The first-order valence-electron chi connectivity index (χ1n) is 17.2. The van der Waals surface area contributed by atoms with Crippen LogP contribution in [0.1, 0.15) is 41.6 Å². The van der Waals surface area contributed by atoms with Crippen LogP contribution in [0.3, 0.4) is 0 Å². The van der Waals surface area contributed by atoms with E-state index in [9.17, 15) is 9.59 Å². The fourth-order valence-electron chi connectivity index (χ4n) is 6.23. The lowest BCUT2D eigenvalue weighted by Gasteiger charge is -2.31. The number of pyridine rings is 2. The minimum atomic E-state index is -0.863. The number of aromatic nitrogens is 3. The van der Waals surface area contributed by atoms with E-state index >= 15 is 0 Å². The Balaban J connectivity index is 1.49. The van der Waals surface area contributed by atoms with Crippen molar-refractivity contribution in [3.05, 3.63) is 107 Å². The van der Waals surface area contributed by atoms with E-state index < -0.39 is 12.1 Å². The summed E-state index contributed by atoms with van der Waals surface area (Å²) in [5.74, 6) is 4.73. The van der Waals surface area contributed by atoms with Gasteiger partial charge in [-0.15, -0.1) is 0 Å². The van der Waals surface area contributed by atoms with Crippen molar-refractivity contribution in [3.63, 3.8) is 0 Å². The number of amides is 2. The van der Waals surface area contributed by atoms with Crippen molar-refractivity contribution in [1.82, 2.24) is 30.5 Å². The molecule has 5 rings (SSSR count). The highest BCUT2D eigenvalue weighted by Crippen LogP contribution is 2.39. The molecule has 3 aromatic heterocycles. The predicted octanol–water partition coefficient (Wildman–Crippen LogP) is 4.82. The average molecular weight is 744 g/mol. The summed E-state index contributed by atoms with van der Waals surface area (Å²) >= 11 is 8.40. The van der Waals surface area contributed by atoms with E-state index in [2.05, 4.69) is 25.6 Å². The van der Waals surface area contributed by atoms with Gasteiger partial charge in [-0.1, -0.05) is 54.0 Å². The third kappa shape index (κ3) is 9.55. The second-order valence-corrected chi connectivity index (χ2v) is 13.9. The highest BCUT2D eigenvalue weighted by molar-refractivity contribution is 7.99. The third-order valence-corrected chi connectivity index (χ3v) is 10.7. The number of para-hydroxylation sites is 1. The number of benzene rings is 2. The SMILES string of the molecule is Cc1[nH]c2ccccc2c1C[C@@H](C(=O)NCc1cc(-c2ccncc2)cc(Cl)c1Sc1ncccc1CN)N(C)C(=O)[C@H](CCCCN)NCON. The smallest absolute Gasteiger partial charge is 0.243 e. The van der Waals surface area contributed by atoms with Gasteiger partial charge in [0.05, 0.1) is 11.1 Å². The van der Waals surface area contributed by atoms with E-state index in [4.69, 9.17) is 33.8 Å². The molecular formula is C38H46ClN9O3S. The number of hydrogen-bond donors (Lipinski definition) is 6. The summed E-state index contributed by atoms with van der Waals surface area (Å²) < 4.78 is 0. The fourth-order valence-corrected chi connectivity index (χ4v) is 7.59. The Kier molecular flexibility index (Phi) is 14.2. The monoisotopic (exact) mass is 743 g/mol. The molecule has 0 aliphatic carbocycles. The van der Waals surface area contributed by atoms with Crippen LogP contribution < -0.4 is 28.0 Å². The molecule has 0 aliphatic rings. The first-order valence-corrected chi connectivity index (χ1v) is 18.3. The first kappa shape index (κ1) is 38.9. The topological polar surface area (TPSA) is 190 Å². The van der Waals surface area contributed by atoms with E-state index in [-0.39, 0.29) is 31.5 Å². The van der Waals surface area contributed by atoms with E-state index in [0.29, 0.717) is 31.0 Å². The molecule has 2 amide bonds. The quantitative estimate of drug-likeness (QED) is 0.0412. The van der Waals surface area contributed by atoms with Crippen molar-refractivity contribution >= 4 is 46.1 Å². The normalized spacial score (nSPS) is 12.5. The minimum Gasteiger partial charge on any atom is -0.358 e. The number of fused-ring (bicyclic) bond motifs is 1. The summed E-state index contributed by atoms with van der Waals surface area (Å²) in [5.41, 5.74) is 18.1. The summed E-state index contributed by atoms with van der Waals surface area (Å²) in [4.78, 5) is 47.7. The number of halogens is 1. The van der Waals surface area contributed by atoms with Crippen LogP contribution in [0.15, 0.2) is 89.2 Å². The lowest BCUT2D eigenvalue weighted by Crippen LogP contribution is -2.54. The van der Waals surface area contributed by atoms with Gasteiger partial charge in [0.1, 0.15) is 17.8 Å². The van der Waals surface area contributed by atoms with Crippen LogP contribution in [0.25, 0.3) is 22.0 Å². The lowest BCUT2D eigenvalue weighted by atomic mass is 9.99. The highest BCUT2D eigenvalue weighted by Gasteiger charge is 2.32. The van der Waals surface area contributed by atoms with Gasteiger partial charge in [0.2, 0.25) is 11.8 Å². The molecule has 274 valence electrons. The summed E-state index contributed by atoms with van der Waals surface area (Å²) in [6.07, 6.45) is 7.40. The van der Waals surface area contributed by atoms with Crippen molar-refractivity contribution < 1.29 is 14.4 Å². The zero-order chi connectivity index (χ0) is 37.0. The zero-order valence-corrected chi connectivity index (χ0v) is 31.0. The van der Waals surface area contributed by atoms with Crippen LogP contribution in [-0.2, 0) is 33.9 Å². The number of H-pyrrole nitrogens is 1. The molecule has 0 spiro atoms. The fraction of sp³-hybridized carbons (Fsp3) is 0.316. The number of unbranched alkanes of at least 4 members (excludes halogenated alkanes) is 1. The summed E-state index contributed by atoms with van der Waals surface area (Å²) in [5, 5.41) is 8.45. The Morgan fingerprint density at radius 3 is 2.56 bits per heavy atom. The van der Waals surface area contributed by atoms with Crippen molar-refractivity contribution in [3.8, 4) is 11.1 Å². The Labute approximate surface area is 313 Å². The van der Waals surface area contributed by atoms with Gasteiger partial charge in [0.25, 0.3) is 0 Å². The number of rotatable bonds is 18. The Bertz CT molecular complexity index is 1960. The van der Waals surface area contributed by atoms with Crippen LogP contribution in [-0.4, -0.2) is 64.1 Å². The Morgan fingerprint density at radius 2 is 1.81 bits per heavy atom. The maximum atomic E-state index is 14.5. The standard InChI is InChI=1S/C38H46ClN9O3S/c1-24-30(29-9-3-4-10-32(29)47-24)20-34(48(2)38(50)33(46-23-51-42)11-5-6-14-40)36(49)45-22-28-18-27(25-12-16-43-17-13-25)19-31(39)35(28)52-37-26(21-41)8-7-15-44-37/h3-4,7-10,12-13,15-19,33-34,46-47H,5-6,11,14,20-23,40-42H2,1-2H3,(H,45,49)/t33-,34-/m0/s1. The molecule has 5 aromatic rings. The van der Waals surface area contributed by atoms with Crippen molar-refractivity contribution in [1.29, 1.82) is 0 Å². The molecule has 12 nitrogen and oxygen atoms in total. The van der Waals surface area contributed by atoms with Gasteiger partial charge in [-0.05, 0) is 90.5 Å². The van der Waals surface area contributed by atoms with E-state index in [1.54, 1.807) is 25.6 Å². The molecule has 0 saturated carbocycles. The number of hydrogen-bond acceptors (Lipinski definition) is 10. The van der Waals surface area contributed by atoms with Crippen molar-refractivity contribution in [2.75, 3.05) is 20.3 Å². The molecule has 14 heteroatoms. The number of carbonyl (C=O) groups excluding carboxylic acids is 2. The number of carbonyl (C=O) groups is 2. The van der Waals surface area contributed by atoms with E-state index in [1.807, 2.05) is 67.6 Å². The van der Waals surface area contributed by atoms with E-state index in [0.717, 1.165) is 60.8 Å². The van der Waals surface area contributed by atoms with Gasteiger partial charge >= 0.3 is 0 Å². The maximum Gasteiger partial charge on any atom is 0.243 e. The van der Waals surface area contributed by atoms with Crippen molar-refractivity contribution in [2.24, 2.45) is 17.4 Å². The molecule has 3 heterocycles. The number of nitrogens with zero attached hydrogens (tertiary/aromatic N) is 3. The molecule has 2 atom stereocenters. The summed E-state index contributed by atoms with van der Waals surface area (Å²) in [7, 11) is 1.66. The molecule has 0 bridgehead atoms. The van der Waals surface area contributed by atoms with Crippen LogP contribution in [0.5, 0.6) is 0 Å². The Morgan fingerprint density at radius 1 is 1.02 bits per heavy atom. The van der Waals surface area contributed by atoms with Crippen LogP contribution in [0.4, 0.5) is 0 Å². The molecular weight excluding hydrogens is 698 g/mol. The number of nitrogens with two attached hydrogens (primary N) is 3. The summed E-state index contributed by atoms with van der Waals surface area (Å²) in [6, 6.07) is 17.9. The maximum absolute atomic E-state index is 14.5. The first-order chi connectivity index (χ1) is 25.2. The molecule has 0 unspecified atom stereocenters. The second-order valence-electron chi connectivity index (χ2n) is 12.5. The summed E-state index contributed by atoms with van der Waals surface area (Å²) in [6.45, 7) is 2.90. The van der Waals surface area contributed by atoms with Gasteiger partial charge in [0.15, 0.2) is 0 Å². The zero-order valence-electron chi connectivity index (χ0n) is 29.4. The van der Waals surface area contributed by atoms with Crippen LogP contribution in [0, 0.1) is 6.92 Å². The molecule has 9 N–H and O–H groups in total. The molecule has 0 aliphatic heterocycles. The van der Waals surface area contributed by atoms with Crippen LogP contribution >= 0.6 is 23.4 Å². The van der Waals surface area contributed by atoms with E-state index in [1.165, 1.54) is 16.7 Å². The minimum absolute atomic E-state index is 0.0253. The van der Waals surface area contributed by atoms with Gasteiger partial charge in [-0.2, -0.15) is 0 Å². The number of nitrogens with one attached hydrogen (secondary N) is 3. The van der Waals surface area contributed by atoms with Gasteiger partial charge in [-0.3, -0.25) is 24.7 Å². The predicted molar refractivity (Wildman–Crippen MR) is 206 cm³/mol. The number of likely N-dealkylation sites (N-methyl/N-ethyl adjacent to an activating group) is 1. The highest BCUT2D eigenvalue weighted by atomic mass is 35.5. The van der Waals surface area contributed by atoms with Crippen molar-refractivity contribution in [2.45, 2.75) is 67.7 Å². The largest absolute Gasteiger partial charge is 0.358 e. The molecule has 0 radical (unpaired) electrons. The Hall–Kier alpha value is -4.34. The molecule has 2 aromatic carbocycles. The molecule has 52 heavy (non-hydrogen) atoms.